The van der Waals surface area contributed by atoms with Crippen LogP contribution in [0.2, 0.25) is 0 Å². The number of hydrogen-bond donors (Lipinski definition) is 1. The van der Waals surface area contributed by atoms with E-state index in [1.54, 1.807) is 61.1 Å². The van der Waals surface area contributed by atoms with Gasteiger partial charge in [-0.25, -0.2) is 4.98 Å². The van der Waals surface area contributed by atoms with Crippen LogP contribution in [0.5, 0.6) is 11.5 Å². The third kappa shape index (κ3) is 4.54. The van der Waals surface area contributed by atoms with Crippen LogP contribution in [0.1, 0.15) is 21.5 Å². The lowest BCUT2D eigenvalue weighted by Crippen LogP contribution is -2.22. The molecule has 0 aliphatic carbocycles. The van der Waals surface area contributed by atoms with Gasteiger partial charge in [-0.15, -0.1) is 0 Å². The van der Waals surface area contributed by atoms with Crippen molar-refractivity contribution >= 4 is 5.91 Å². The highest BCUT2D eigenvalue weighted by Crippen LogP contribution is 2.22. The number of nitriles is 1. The van der Waals surface area contributed by atoms with E-state index in [0.717, 1.165) is 11.3 Å². The molecular weight excluding hydrogens is 376 g/mol. The number of amides is 1. The van der Waals surface area contributed by atoms with Gasteiger partial charge in [-0.05, 0) is 60.2 Å². The van der Waals surface area contributed by atoms with Gasteiger partial charge in [0.2, 0.25) is 0 Å². The van der Waals surface area contributed by atoms with Crippen molar-refractivity contribution in [2.24, 2.45) is 0 Å². The first-order valence-corrected chi connectivity index (χ1v) is 9.35. The molecule has 6 nitrogen and oxygen atoms in total. The first kappa shape index (κ1) is 19.0. The van der Waals surface area contributed by atoms with Crippen LogP contribution >= 0.6 is 0 Å². The highest BCUT2D eigenvalue weighted by molar-refractivity contribution is 5.94. The van der Waals surface area contributed by atoms with Crippen LogP contribution in [-0.4, -0.2) is 15.5 Å². The van der Waals surface area contributed by atoms with Crippen LogP contribution < -0.4 is 10.1 Å². The molecule has 0 unspecified atom stereocenters. The summed E-state index contributed by atoms with van der Waals surface area (Å²) in [5.74, 6) is 0.973. The lowest BCUT2D eigenvalue weighted by Gasteiger charge is -2.09. The molecule has 4 rings (SSSR count). The Kier molecular flexibility index (Phi) is 5.54. The maximum atomic E-state index is 12.5. The zero-order chi connectivity index (χ0) is 20.8. The van der Waals surface area contributed by atoms with E-state index in [1.165, 1.54) is 0 Å². The molecule has 0 atom stereocenters. The fraction of sp³-hybridized carbons (Fsp3) is 0.0417. The summed E-state index contributed by atoms with van der Waals surface area (Å²) in [4.78, 5) is 16.6. The molecule has 0 saturated heterocycles. The molecule has 6 heteroatoms. The lowest BCUT2D eigenvalue weighted by atomic mass is 10.1. The summed E-state index contributed by atoms with van der Waals surface area (Å²) in [5, 5.41) is 11.8. The van der Waals surface area contributed by atoms with Gasteiger partial charge in [0.15, 0.2) is 0 Å². The molecular formula is C24H18N4O2. The van der Waals surface area contributed by atoms with E-state index < -0.39 is 0 Å². The molecule has 1 aromatic heterocycles. The van der Waals surface area contributed by atoms with Crippen molar-refractivity contribution in [3.8, 4) is 23.3 Å². The zero-order valence-electron chi connectivity index (χ0n) is 16.0. The number of benzene rings is 3. The van der Waals surface area contributed by atoms with Gasteiger partial charge < -0.3 is 14.6 Å². The van der Waals surface area contributed by atoms with Gasteiger partial charge in [0.05, 0.1) is 18.0 Å². The molecule has 1 heterocycles. The predicted octanol–water partition coefficient (Wildman–Crippen LogP) is 4.47. The van der Waals surface area contributed by atoms with E-state index >= 15 is 0 Å². The van der Waals surface area contributed by atoms with E-state index in [4.69, 9.17) is 10.00 Å². The Morgan fingerprint density at radius 3 is 2.53 bits per heavy atom. The topological polar surface area (TPSA) is 79.9 Å². The van der Waals surface area contributed by atoms with Gasteiger partial charge in [0.1, 0.15) is 11.5 Å². The monoisotopic (exact) mass is 394 g/mol. The summed E-state index contributed by atoms with van der Waals surface area (Å²) in [6.07, 6.45) is 5.35. The maximum Gasteiger partial charge on any atom is 0.251 e. The largest absolute Gasteiger partial charge is 0.457 e. The first-order valence-electron chi connectivity index (χ1n) is 9.35. The minimum atomic E-state index is -0.182. The molecule has 0 saturated carbocycles. The Balaban J connectivity index is 1.37. The van der Waals surface area contributed by atoms with Crippen LogP contribution in [-0.2, 0) is 6.54 Å². The summed E-state index contributed by atoms with van der Waals surface area (Å²) in [5.41, 5.74) is 3.08. The van der Waals surface area contributed by atoms with Gasteiger partial charge in [-0.2, -0.15) is 5.26 Å². The molecule has 146 valence electrons. The van der Waals surface area contributed by atoms with Crippen molar-refractivity contribution in [2.45, 2.75) is 6.54 Å². The Morgan fingerprint density at radius 1 is 1.03 bits per heavy atom. The zero-order valence-corrected chi connectivity index (χ0v) is 16.0. The fourth-order valence-corrected chi connectivity index (χ4v) is 2.92. The number of imidazole rings is 1. The van der Waals surface area contributed by atoms with Gasteiger partial charge >= 0.3 is 0 Å². The second-order valence-corrected chi connectivity index (χ2v) is 6.59. The molecule has 1 amide bonds. The maximum absolute atomic E-state index is 12.5. The number of carbonyl (C=O) groups is 1. The van der Waals surface area contributed by atoms with Crippen LogP contribution in [0.3, 0.4) is 0 Å². The SMILES string of the molecule is N#Cc1ccc(Oc2cccc(C(=O)NCc3ccc(-n4ccnc4)cc3)c2)cc1. The third-order valence-corrected chi connectivity index (χ3v) is 4.51. The van der Waals surface area contributed by atoms with Crippen LogP contribution in [0.4, 0.5) is 0 Å². The molecule has 0 aliphatic rings. The number of rotatable bonds is 6. The van der Waals surface area contributed by atoms with Crippen LogP contribution in [0.15, 0.2) is 91.5 Å². The second-order valence-electron chi connectivity index (χ2n) is 6.59. The van der Waals surface area contributed by atoms with E-state index in [-0.39, 0.29) is 5.91 Å². The molecule has 1 N–H and O–H groups in total. The standard InChI is InChI=1S/C24H18N4O2/c25-15-18-6-10-22(11-7-18)30-23-3-1-2-20(14-23)24(29)27-16-19-4-8-21(9-5-19)28-13-12-26-17-28/h1-14,17H,16H2,(H,27,29). The Morgan fingerprint density at radius 2 is 1.83 bits per heavy atom. The van der Waals surface area contributed by atoms with E-state index in [0.29, 0.717) is 29.2 Å². The van der Waals surface area contributed by atoms with E-state index in [9.17, 15) is 4.79 Å². The number of nitrogens with one attached hydrogen (secondary N) is 1. The summed E-state index contributed by atoms with van der Waals surface area (Å²) in [6, 6.07) is 23.8. The Labute approximate surface area is 174 Å². The van der Waals surface area contributed by atoms with Crippen molar-refractivity contribution in [1.82, 2.24) is 14.9 Å². The number of hydrogen-bond acceptors (Lipinski definition) is 4. The Bertz CT molecular complexity index is 1180. The summed E-state index contributed by atoms with van der Waals surface area (Å²) in [7, 11) is 0. The number of carbonyl (C=O) groups excluding carboxylic acids is 1. The minimum absolute atomic E-state index is 0.182. The van der Waals surface area contributed by atoms with E-state index in [2.05, 4.69) is 16.4 Å². The van der Waals surface area contributed by atoms with Crippen molar-refractivity contribution in [2.75, 3.05) is 0 Å². The number of ether oxygens (including phenoxy) is 1. The highest BCUT2D eigenvalue weighted by atomic mass is 16.5. The normalized spacial score (nSPS) is 10.2. The molecule has 3 aromatic carbocycles. The molecule has 0 radical (unpaired) electrons. The summed E-state index contributed by atoms with van der Waals surface area (Å²) >= 11 is 0. The second kappa shape index (κ2) is 8.76. The van der Waals surface area contributed by atoms with E-state index in [1.807, 2.05) is 35.0 Å². The molecule has 0 fully saturated rings. The average molecular weight is 394 g/mol. The molecule has 0 aliphatic heterocycles. The number of aromatic nitrogens is 2. The van der Waals surface area contributed by atoms with Gasteiger partial charge in [-0.1, -0.05) is 18.2 Å². The number of nitrogens with zero attached hydrogens (tertiary/aromatic N) is 3. The smallest absolute Gasteiger partial charge is 0.251 e. The van der Waals surface area contributed by atoms with Crippen LogP contribution in [0.25, 0.3) is 5.69 Å². The lowest BCUT2D eigenvalue weighted by molar-refractivity contribution is 0.0950. The van der Waals surface area contributed by atoms with Crippen molar-refractivity contribution in [1.29, 1.82) is 5.26 Å². The highest BCUT2D eigenvalue weighted by Gasteiger charge is 2.08. The average Bonchev–Trinajstić information content (AvgIpc) is 3.33. The van der Waals surface area contributed by atoms with Crippen LogP contribution in [0, 0.1) is 11.3 Å². The predicted molar refractivity (Wildman–Crippen MR) is 112 cm³/mol. The minimum Gasteiger partial charge on any atom is -0.457 e. The quantitative estimate of drug-likeness (QED) is 0.523. The molecule has 0 spiro atoms. The van der Waals surface area contributed by atoms with Gasteiger partial charge in [-0.3, -0.25) is 4.79 Å². The van der Waals surface area contributed by atoms with Gasteiger partial charge in [0.25, 0.3) is 5.91 Å². The molecule has 30 heavy (non-hydrogen) atoms. The third-order valence-electron chi connectivity index (χ3n) is 4.51. The van der Waals surface area contributed by atoms with Crippen molar-refractivity contribution < 1.29 is 9.53 Å². The van der Waals surface area contributed by atoms with Gasteiger partial charge in [0, 0.05) is 30.2 Å². The molecule has 4 aromatic rings. The Hall–Kier alpha value is -4.37. The molecule has 0 bridgehead atoms. The summed E-state index contributed by atoms with van der Waals surface area (Å²) < 4.78 is 7.70. The summed E-state index contributed by atoms with van der Waals surface area (Å²) in [6.45, 7) is 0.420. The van der Waals surface area contributed by atoms with Crippen molar-refractivity contribution in [3.63, 3.8) is 0 Å². The first-order chi connectivity index (χ1) is 14.7. The van der Waals surface area contributed by atoms with Crippen molar-refractivity contribution in [3.05, 3.63) is 108 Å². The fourth-order valence-electron chi connectivity index (χ4n) is 2.92.